The van der Waals surface area contributed by atoms with Gasteiger partial charge in [0.1, 0.15) is 6.10 Å². The lowest BCUT2D eigenvalue weighted by Crippen LogP contribution is -2.30. The van der Waals surface area contributed by atoms with Gasteiger partial charge in [0.05, 0.1) is 6.61 Å². The monoisotopic (exact) mass is 204 g/mol. The van der Waals surface area contributed by atoms with Crippen molar-refractivity contribution in [2.75, 3.05) is 6.61 Å². The van der Waals surface area contributed by atoms with Crippen molar-refractivity contribution in [2.45, 2.75) is 39.4 Å². The fourth-order valence-corrected chi connectivity index (χ4v) is 0.641. The largest absolute Gasteiger partial charge is 0.463 e. The Morgan fingerprint density at radius 3 is 2.29 bits per heavy atom. The lowest BCUT2D eigenvalue weighted by Gasteiger charge is -2.13. The number of aliphatic hydroxyl groups is 1. The van der Waals surface area contributed by atoms with E-state index < -0.39 is 24.1 Å². The zero-order valence-electron chi connectivity index (χ0n) is 8.65. The first-order valence-corrected chi connectivity index (χ1v) is 4.54. The zero-order chi connectivity index (χ0) is 11.1. The van der Waals surface area contributed by atoms with Crippen molar-refractivity contribution in [2.24, 2.45) is 0 Å². The second-order valence-electron chi connectivity index (χ2n) is 2.92. The minimum Gasteiger partial charge on any atom is -0.463 e. The molecule has 0 rings (SSSR count). The Morgan fingerprint density at radius 1 is 1.29 bits per heavy atom. The van der Waals surface area contributed by atoms with E-state index >= 15 is 0 Å². The van der Waals surface area contributed by atoms with Gasteiger partial charge in [-0.05, 0) is 20.3 Å². The van der Waals surface area contributed by atoms with E-state index in [1.807, 2.05) is 6.92 Å². The molecular formula is C9H16O5. The fourth-order valence-electron chi connectivity index (χ4n) is 0.641. The van der Waals surface area contributed by atoms with E-state index in [2.05, 4.69) is 4.74 Å². The minimum absolute atomic E-state index is 0.301. The van der Waals surface area contributed by atoms with Crippen LogP contribution < -0.4 is 0 Å². The number of aliphatic hydroxyl groups excluding tert-OH is 1. The summed E-state index contributed by atoms with van der Waals surface area (Å²) < 4.78 is 9.34. The number of carbonyl (C=O) groups excluding carboxylic acids is 2. The van der Waals surface area contributed by atoms with Crippen LogP contribution in [0.5, 0.6) is 0 Å². The van der Waals surface area contributed by atoms with Crippen LogP contribution in [0.4, 0.5) is 0 Å². The summed E-state index contributed by atoms with van der Waals surface area (Å²) in [5.74, 6) is -1.42. The van der Waals surface area contributed by atoms with Crippen molar-refractivity contribution in [3.63, 3.8) is 0 Å². The van der Waals surface area contributed by atoms with Crippen LogP contribution >= 0.6 is 0 Å². The first kappa shape index (κ1) is 12.9. The maximum Gasteiger partial charge on any atom is 0.347 e. The molecule has 14 heavy (non-hydrogen) atoms. The molecule has 1 N–H and O–H groups in total. The van der Waals surface area contributed by atoms with E-state index in [0.29, 0.717) is 13.0 Å². The van der Waals surface area contributed by atoms with Crippen molar-refractivity contribution in [3.8, 4) is 0 Å². The van der Waals surface area contributed by atoms with Gasteiger partial charge in [0.25, 0.3) is 0 Å². The third-order valence-electron chi connectivity index (χ3n) is 1.41. The average molecular weight is 204 g/mol. The molecule has 0 aliphatic heterocycles. The summed E-state index contributed by atoms with van der Waals surface area (Å²) in [6, 6.07) is 0. The Balaban J connectivity index is 3.89. The number of rotatable bonds is 5. The first-order chi connectivity index (χ1) is 6.49. The van der Waals surface area contributed by atoms with Crippen molar-refractivity contribution >= 4 is 11.9 Å². The van der Waals surface area contributed by atoms with Crippen LogP contribution in [0.3, 0.4) is 0 Å². The Labute approximate surface area is 83.0 Å². The number of carbonyl (C=O) groups is 2. The Morgan fingerprint density at radius 2 is 1.86 bits per heavy atom. The maximum absolute atomic E-state index is 11.1. The molecular weight excluding hydrogens is 188 g/mol. The molecule has 0 spiro atoms. The molecule has 0 fully saturated rings. The molecule has 5 heteroatoms. The van der Waals surface area contributed by atoms with E-state index in [4.69, 9.17) is 9.84 Å². The molecule has 5 nitrogen and oxygen atoms in total. The predicted molar refractivity (Wildman–Crippen MR) is 48.5 cm³/mol. The molecule has 0 bridgehead atoms. The highest BCUT2D eigenvalue weighted by Crippen LogP contribution is 1.98. The quantitative estimate of drug-likeness (QED) is 0.650. The minimum atomic E-state index is -1.23. The Bertz CT molecular complexity index is 199. The van der Waals surface area contributed by atoms with Gasteiger partial charge < -0.3 is 14.6 Å². The van der Waals surface area contributed by atoms with Gasteiger partial charge in [-0.25, -0.2) is 9.59 Å². The Hall–Kier alpha value is -1.10. The molecule has 0 aromatic heterocycles. The van der Waals surface area contributed by atoms with Crippen LogP contribution in [0.15, 0.2) is 0 Å². The van der Waals surface area contributed by atoms with E-state index in [-0.39, 0.29) is 0 Å². The average Bonchev–Trinajstić information content (AvgIpc) is 2.13. The van der Waals surface area contributed by atoms with Gasteiger partial charge in [-0.15, -0.1) is 0 Å². The molecule has 0 aromatic rings. The summed E-state index contributed by atoms with van der Waals surface area (Å²) in [4.78, 5) is 21.9. The summed E-state index contributed by atoms with van der Waals surface area (Å²) in [5.41, 5.74) is 0. The third-order valence-corrected chi connectivity index (χ3v) is 1.41. The molecule has 0 saturated heterocycles. The summed E-state index contributed by atoms with van der Waals surface area (Å²) in [6.45, 7) is 4.83. The number of ether oxygens (including phenoxy) is 2. The molecule has 0 aliphatic carbocycles. The van der Waals surface area contributed by atoms with E-state index in [1.165, 1.54) is 13.8 Å². The lowest BCUT2D eigenvalue weighted by molar-refractivity contribution is -0.171. The molecule has 0 heterocycles. The highest BCUT2D eigenvalue weighted by atomic mass is 16.6. The topological polar surface area (TPSA) is 72.8 Å². The van der Waals surface area contributed by atoms with Gasteiger partial charge in [-0.2, -0.15) is 0 Å². The summed E-state index contributed by atoms with van der Waals surface area (Å²) in [6.07, 6.45) is -1.48. The number of esters is 2. The molecule has 0 radical (unpaired) electrons. The number of hydrogen-bond donors (Lipinski definition) is 1. The SMILES string of the molecule is CCCOC(=O)[C@H](C)OC(=O)[C@H](C)O. The van der Waals surface area contributed by atoms with E-state index in [0.717, 1.165) is 0 Å². The summed E-state index contributed by atoms with van der Waals surface area (Å²) in [5, 5.41) is 8.80. The third kappa shape index (κ3) is 4.81. The van der Waals surface area contributed by atoms with Crippen LogP contribution in [0.2, 0.25) is 0 Å². The second kappa shape index (κ2) is 6.37. The molecule has 0 aromatic carbocycles. The summed E-state index contributed by atoms with van der Waals surface area (Å²) in [7, 11) is 0. The maximum atomic E-state index is 11.1. The molecule has 82 valence electrons. The normalized spacial score (nSPS) is 14.3. The Kier molecular flexibility index (Phi) is 5.87. The standard InChI is InChI=1S/C9H16O5/c1-4-5-13-9(12)7(3)14-8(11)6(2)10/h6-7,10H,4-5H2,1-3H3/t6-,7-/m0/s1. The fraction of sp³-hybridized carbons (Fsp3) is 0.778. The predicted octanol–water partition coefficient (Wildman–Crippen LogP) is 0.252. The van der Waals surface area contributed by atoms with Crippen molar-refractivity contribution in [1.29, 1.82) is 0 Å². The second-order valence-corrected chi connectivity index (χ2v) is 2.92. The van der Waals surface area contributed by atoms with Crippen molar-refractivity contribution in [1.82, 2.24) is 0 Å². The molecule has 0 saturated carbocycles. The molecule has 0 aliphatic rings. The van der Waals surface area contributed by atoms with Crippen molar-refractivity contribution < 1.29 is 24.2 Å². The van der Waals surface area contributed by atoms with Gasteiger partial charge in [0.15, 0.2) is 6.10 Å². The van der Waals surface area contributed by atoms with Gasteiger partial charge in [0, 0.05) is 0 Å². The molecule has 2 atom stereocenters. The van der Waals surface area contributed by atoms with Crippen LogP contribution in [-0.2, 0) is 19.1 Å². The van der Waals surface area contributed by atoms with Gasteiger partial charge in [-0.3, -0.25) is 0 Å². The highest BCUT2D eigenvalue weighted by molar-refractivity contribution is 5.80. The van der Waals surface area contributed by atoms with Crippen LogP contribution in [0.1, 0.15) is 27.2 Å². The van der Waals surface area contributed by atoms with Gasteiger partial charge >= 0.3 is 11.9 Å². The van der Waals surface area contributed by atoms with Crippen LogP contribution in [0, 0.1) is 0 Å². The molecule has 0 unspecified atom stereocenters. The molecule has 0 amide bonds. The highest BCUT2D eigenvalue weighted by Gasteiger charge is 2.21. The van der Waals surface area contributed by atoms with E-state index in [9.17, 15) is 9.59 Å². The van der Waals surface area contributed by atoms with Crippen LogP contribution in [-0.4, -0.2) is 35.9 Å². The lowest BCUT2D eigenvalue weighted by atomic mass is 10.4. The van der Waals surface area contributed by atoms with Gasteiger partial charge in [-0.1, -0.05) is 6.92 Å². The zero-order valence-corrected chi connectivity index (χ0v) is 8.65. The van der Waals surface area contributed by atoms with Crippen molar-refractivity contribution in [3.05, 3.63) is 0 Å². The van der Waals surface area contributed by atoms with Crippen LogP contribution in [0.25, 0.3) is 0 Å². The smallest absolute Gasteiger partial charge is 0.347 e. The number of hydrogen-bond acceptors (Lipinski definition) is 5. The van der Waals surface area contributed by atoms with E-state index in [1.54, 1.807) is 0 Å². The summed E-state index contributed by atoms with van der Waals surface area (Å²) >= 11 is 0. The van der Waals surface area contributed by atoms with Gasteiger partial charge in [0.2, 0.25) is 0 Å². The first-order valence-electron chi connectivity index (χ1n) is 4.54.